The number of rotatable bonds is 7. The van der Waals surface area contributed by atoms with E-state index >= 15 is 0 Å². The molecule has 0 saturated carbocycles. The summed E-state index contributed by atoms with van der Waals surface area (Å²) >= 11 is 0. The Bertz CT molecular complexity index is 769. The molecule has 1 unspecified atom stereocenters. The third-order valence-corrected chi connectivity index (χ3v) is 4.78. The molecular formula is C21H25N3O2. The van der Waals surface area contributed by atoms with Crippen molar-refractivity contribution in [2.75, 3.05) is 16.8 Å². The Morgan fingerprint density at radius 2 is 1.85 bits per heavy atom. The molecule has 1 aliphatic rings. The highest BCUT2D eigenvalue weighted by Crippen LogP contribution is 2.24. The molecule has 1 saturated heterocycles. The van der Waals surface area contributed by atoms with Gasteiger partial charge < -0.3 is 16.0 Å². The van der Waals surface area contributed by atoms with Crippen LogP contribution in [0.1, 0.15) is 42.1 Å². The molecule has 0 aromatic heterocycles. The van der Waals surface area contributed by atoms with Crippen LogP contribution < -0.4 is 16.0 Å². The zero-order valence-corrected chi connectivity index (χ0v) is 15.1. The summed E-state index contributed by atoms with van der Waals surface area (Å²) in [6, 6.07) is 14.9. The lowest BCUT2D eigenvalue weighted by molar-refractivity contribution is -0.117. The quantitative estimate of drug-likeness (QED) is 0.803. The van der Waals surface area contributed by atoms with Crippen LogP contribution in [0, 0.1) is 0 Å². The number of nitrogens with two attached hydrogens (primary N) is 1. The number of carbonyl (C=O) groups is 2. The highest BCUT2D eigenvalue weighted by molar-refractivity contribution is 6.01. The third-order valence-electron chi connectivity index (χ3n) is 4.78. The van der Waals surface area contributed by atoms with E-state index in [-0.39, 0.29) is 11.9 Å². The van der Waals surface area contributed by atoms with Crippen LogP contribution in [0.5, 0.6) is 0 Å². The summed E-state index contributed by atoms with van der Waals surface area (Å²) in [5.41, 5.74) is 8.78. The average Bonchev–Trinajstić information content (AvgIpc) is 3.01. The summed E-state index contributed by atoms with van der Waals surface area (Å²) in [4.78, 5) is 25.7. The van der Waals surface area contributed by atoms with E-state index in [0.717, 1.165) is 24.2 Å². The van der Waals surface area contributed by atoms with E-state index in [4.69, 9.17) is 5.73 Å². The summed E-state index contributed by atoms with van der Waals surface area (Å²) in [5.74, 6) is -0.382. The summed E-state index contributed by atoms with van der Waals surface area (Å²) in [6.07, 6.45) is 4.19. The van der Waals surface area contributed by atoms with E-state index in [1.807, 2.05) is 17.0 Å². The fourth-order valence-electron chi connectivity index (χ4n) is 3.23. The van der Waals surface area contributed by atoms with Crippen molar-refractivity contribution in [2.45, 2.75) is 38.6 Å². The Kier molecular flexibility index (Phi) is 5.56. The minimum absolute atomic E-state index is 0.0743. The van der Waals surface area contributed by atoms with E-state index in [9.17, 15) is 9.59 Å². The molecule has 0 bridgehead atoms. The highest BCUT2D eigenvalue weighted by Gasteiger charge is 2.32. The molecule has 5 nitrogen and oxygen atoms in total. The van der Waals surface area contributed by atoms with Gasteiger partial charge in [-0.05, 0) is 61.2 Å². The van der Waals surface area contributed by atoms with Gasteiger partial charge in [0.05, 0.1) is 0 Å². The van der Waals surface area contributed by atoms with Crippen molar-refractivity contribution in [2.24, 2.45) is 5.73 Å². The monoisotopic (exact) mass is 351 g/mol. The Hall–Kier alpha value is -2.82. The van der Waals surface area contributed by atoms with Crippen LogP contribution >= 0.6 is 0 Å². The molecule has 5 heteroatoms. The standard InChI is InChI=1S/C21H25N3O2/c1-2-3-4-15-5-11-18(12-6-15)24-14-13-19(21(24)26)23-17-9-7-16(8-10-17)20(22)25/h5-12,19,23H,2-4,13-14H2,1H3,(H2,22,25). The van der Waals surface area contributed by atoms with E-state index in [0.29, 0.717) is 12.1 Å². The second kappa shape index (κ2) is 8.04. The molecule has 2 amide bonds. The molecule has 26 heavy (non-hydrogen) atoms. The van der Waals surface area contributed by atoms with Gasteiger partial charge in [0.1, 0.15) is 6.04 Å². The van der Waals surface area contributed by atoms with E-state index in [1.165, 1.54) is 18.4 Å². The Morgan fingerprint density at radius 1 is 1.15 bits per heavy atom. The molecule has 1 fully saturated rings. The van der Waals surface area contributed by atoms with Gasteiger partial charge in [-0.2, -0.15) is 0 Å². The van der Waals surface area contributed by atoms with Crippen LogP contribution in [0.3, 0.4) is 0 Å². The number of aryl methyl sites for hydroxylation is 1. The normalized spacial score (nSPS) is 16.7. The molecule has 0 spiro atoms. The Morgan fingerprint density at radius 3 is 2.46 bits per heavy atom. The van der Waals surface area contributed by atoms with Gasteiger partial charge in [0.2, 0.25) is 11.8 Å². The number of hydrogen-bond acceptors (Lipinski definition) is 3. The van der Waals surface area contributed by atoms with Gasteiger partial charge >= 0.3 is 0 Å². The van der Waals surface area contributed by atoms with Crippen molar-refractivity contribution in [1.82, 2.24) is 0 Å². The van der Waals surface area contributed by atoms with Gasteiger partial charge in [-0.15, -0.1) is 0 Å². The molecule has 3 rings (SSSR count). The number of primary amides is 1. The van der Waals surface area contributed by atoms with Crippen molar-refractivity contribution in [3.8, 4) is 0 Å². The molecule has 3 N–H and O–H groups in total. The maximum Gasteiger partial charge on any atom is 0.249 e. The molecular weight excluding hydrogens is 326 g/mol. The molecule has 1 atom stereocenters. The molecule has 2 aromatic rings. The van der Waals surface area contributed by atoms with Crippen molar-refractivity contribution < 1.29 is 9.59 Å². The largest absolute Gasteiger partial charge is 0.374 e. The van der Waals surface area contributed by atoms with Gasteiger partial charge in [0.15, 0.2) is 0 Å². The number of carbonyl (C=O) groups excluding carboxylic acids is 2. The van der Waals surface area contributed by atoms with Crippen LogP contribution in [0.2, 0.25) is 0 Å². The summed E-state index contributed by atoms with van der Waals surface area (Å²) in [7, 11) is 0. The first-order chi connectivity index (χ1) is 12.6. The number of hydrogen-bond donors (Lipinski definition) is 2. The topological polar surface area (TPSA) is 75.4 Å². The number of nitrogens with zero attached hydrogens (tertiary/aromatic N) is 1. The molecule has 1 aliphatic heterocycles. The average molecular weight is 351 g/mol. The smallest absolute Gasteiger partial charge is 0.249 e. The lowest BCUT2D eigenvalue weighted by Gasteiger charge is -2.18. The zero-order valence-electron chi connectivity index (χ0n) is 15.1. The molecule has 1 heterocycles. The van der Waals surface area contributed by atoms with Gasteiger partial charge in [0.25, 0.3) is 0 Å². The second-order valence-corrected chi connectivity index (χ2v) is 6.69. The molecule has 2 aromatic carbocycles. The van der Waals surface area contributed by atoms with E-state index in [1.54, 1.807) is 24.3 Å². The van der Waals surface area contributed by atoms with Crippen molar-refractivity contribution in [1.29, 1.82) is 0 Å². The minimum Gasteiger partial charge on any atom is -0.374 e. The molecule has 0 aliphatic carbocycles. The maximum atomic E-state index is 12.7. The number of amides is 2. The molecule has 0 radical (unpaired) electrons. The first kappa shape index (κ1) is 18.0. The highest BCUT2D eigenvalue weighted by atomic mass is 16.2. The number of nitrogens with one attached hydrogen (secondary N) is 1. The predicted molar refractivity (Wildman–Crippen MR) is 104 cm³/mol. The van der Waals surface area contributed by atoms with Crippen LogP contribution in [0.15, 0.2) is 48.5 Å². The van der Waals surface area contributed by atoms with E-state index < -0.39 is 5.91 Å². The fraction of sp³-hybridized carbons (Fsp3) is 0.333. The van der Waals surface area contributed by atoms with Crippen LogP contribution in [-0.2, 0) is 11.2 Å². The van der Waals surface area contributed by atoms with Gasteiger partial charge in [-0.3, -0.25) is 9.59 Å². The minimum atomic E-state index is -0.456. The second-order valence-electron chi connectivity index (χ2n) is 6.69. The summed E-state index contributed by atoms with van der Waals surface area (Å²) in [5, 5.41) is 3.25. The predicted octanol–water partition coefficient (Wildman–Crippen LogP) is 3.35. The number of unbranched alkanes of at least 4 members (excludes halogenated alkanes) is 1. The Labute approximate surface area is 154 Å². The van der Waals surface area contributed by atoms with Crippen molar-refractivity contribution in [3.05, 3.63) is 59.7 Å². The summed E-state index contributed by atoms with van der Waals surface area (Å²) < 4.78 is 0. The first-order valence-electron chi connectivity index (χ1n) is 9.15. The van der Waals surface area contributed by atoms with Gasteiger partial charge in [-0.25, -0.2) is 0 Å². The van der Waals surface area contributed by atoms with Crippen molar-refractivity contribution >= 4 is 23.2 Å². The first-order valence-corrected chi connectivity index (χ1v) is 9.15. The zero-order chi connectivity index (χ0) is 18.5. The fourth-order valence-corrected chi connectivity index (χ4v) is 3.23. The third kappa shape index (κ3) is 4.04. The Balaban J connectivity index is 1.63. The number of benzene rings is 2. The van der Waals surface area contributed by atoms with Gasteiger partial charge in [0, 0.05) is 23.5 Å². The van der Waals surface area contributed by atoms with Crippen LogP contribution in [0.25, 0.3) is 0 Å². The SMILES string of the molecule is CCCCc1ccc(N2CCC(Nc3ccc(C(N)=O)cc3)C2=O)cc1. The number of anilines is 2. The van der Waals surface area contributed by atoms with Crippen LogP contribution in [0.4, 0.5) is 11.4 Å². The maximum absolute atomic E-state index is 12.7. The molecule has 136 valence electrons. The van der Waals surface area contributed by atoms with Crippen molar-refractivity contribution in [3.63, 3.8) is 0 Å². The van der Waals surface area contributed by atoms with Gasteiger partial charge in [-0.1, -0.05) is 25.5 Å². The lowest BCUT2D eigenvalue weighted by Crippen LogP contribution is -2.33. The summed E-state index contributed by atoms with van der Waals surface area (Å²) in [6.45, 7) is 2.88. The lowest BCUT2D eigenvalue weighted by atomic mass is 10.1. The van der Waals surface area contributed by atoms with Crippen LogP contribution in [-0.4, -0.2) is 24.4 Å². The van der Waals surface area contributed by atoms with E-state index in [2.05, 4.69) is 24.4 Å².